The molecule has 2 aromatic carbocycles. The molecule has 0 aliphatic rings. The molecule has 130 valence electrons. The Balaban J connectivity index is 2.21. The van der Waals surface area contributed by atoms with Crippen molar-refractivity contribution in [3.8, 4) is 0 Å². The number of hydrogen-bond donors (Lipinski definition) is 1. The number of rotatable bonds is 4. The molecule has 0 saturated carbocycles. The highest BCUT2D eigenvalue weighted by atomic mass is 32.2. The van der Waals surface area contributed by atoms with E-state index >= 15 is 0 Å². The van der Waals surface area contributed by atoms with Gasteiger partial charge >= 0.3 is 6.18 Å². The van der Waals surface area contributed by atoms with Gasteiger partial charge in [-0.3, -0.25) is 0 Å². The second-order valence-corrected chi connectivity index (χ2v) is 6.78. The summed E-state index contributed by atoms with van der Waals surface area (Å²) in [7, 11) is -4.10. The Morgan fingerprint density at radius 3 is 2.29 bits per heavy atom. The van der Waals surface area contributed by atoms with Crippen LogP contribution in [-0.2, 0) is 22.7 Å². The van der Waals surface area contributed by atoms with Crippen molar-refractivity contribution >= 4 is 10.0 Å². The average Bonchev–Trinajstić information content (AvgIpc) is 2.46. The van der Waals surface area contributed by atoms with E-state index in [9.17, 15) is 30.4 Å². The SMILES string of the molecule is Cc1ccc(F)cc1S(=O)(=O)NCc1ccc(C(F)(F)F)c(F)c1. The maximum Gasteiger partial charge on any atom is 0.419 e. The zero-order valence-corrected chi connectivity index (χ0v) is 13.1. The molecule has 0 bridgehead atoms. The van der Waals surface area contributed by atoms with Crippen molar-refractivity contribution < 1.29 is 30.4 Å². The lowest BCUT2D eigenvalue weighted by Crippen LogP contribution is -2.24. The fourth-order valence-corrected chi connectivity index (χ4v) is 3.29. The Hall–Kier alpha value is -2.00. The van der Waals surface area contributed by atoms with Crippen LogP contribution in [0.25, 0.3) is 0 Å². The molecule has 1 N–H and O–H groups in total. The quantitative estimate of drug-likeness (QED) is 0.839. The van der Waals surface area contributed by atoms with Crippen molar-refractivity contribution in [3.63, 3.8) is 0 Å². The first-order valence-corrected chi connectivity index (χ1v) is 8.10. The Labute approximate surface area is 135 Å². The molecule has 24 heavy (non-hydrogen) atoms. The van der Waals surface area contributed by atoms with Gasteiger partial charge in [0.05, 0.1) is 10.5 Å². The highest BCUT2D eigenvalue weighted by molar-refractivity contribution is 7.89. The maximum absolute atomic E-state index is 13.5. The lowest BCUT2D eigenvalue weighted by Gasteiger charge is -2.11. The van der Waals surface area contributed by atoms with E-state index in [2.05, 4.69) is 4.72 Å². The number of alkyl halides is 3. The Morgan fingerprint density at radius 1 is 1.04 bits per heavy atom. The van der Waals surface area contributed by atoms with Gasteiger partial charge in [-0.25, -0.2) is 21.9 Å². The van der Waals surface area contributed by atoms with Crippen LogP contribution in [0.1, 0.15) is 16.7 Å². The van der Waals surface area contributed by atoms with Gasteiger partial charge in [-0.05, 0) is 42.3 Å². The average molecular weight is 365 g/mol. The normalized spacial score (nSPS) is 12.4. The third-order valence-corrected chi connectivity index (χ3v) is 4.79. The molecule has 0 unspecified atom stereocenters. The smallest absolute Gasteiger partial charge is 0.207 e. The molecule has 9 heteroatoms. The van der Waals surface area contributed by atoms with Gasteiger partial charge in [0, 0.05) is 6.54 Å². The summed E-state index contributed by atoms with van der Waals surface area (Å²) in [6.45, 7) is 1.03. The molecule has 0 radical (unpaired) electrons. The molecule has 0 spiro atoms. The third kappa shape index (κ3) is 4.09. The number of aryl methyl sites for hydroxylation is 1. The lowest BCUT2D eigenvalue weighted by atomic mass is 10.1. The van der Waals surface area contributed by atoms with E-state index in [4.69, 9.17) is 0 Å². The Kier molecular flexibility index (Phi) is 4.95. The minimum absolute atomic E-state index is 0.00173. The van der Waals surface area contributed by atoms with Crippen molar-refractivity contribution in [3.05, 3.63) is 64.7 Å². The summed E-state index contributed by atoms with van der Waals surface area (Å²) >= 11 is 0. The topological polar surface area (TPSA) is 46.2 Å². The van der Waals surface area contributed by atoms with Crippen LogP contribution < -0.4 is 4.72 Å². The van der Waals surface area contributed by atoms with Crippen LogP contribution in [0.15, 0.2) is 41.3 Å². The first-order valence-electron chi connectivity index (χ1n) is 6.62. The van der Waals surface area contributed by atoms with E-state index in [1.807, 2.05) is 0 Å². The first-order chi connectivity index (χ1) is 11.0. The monoisotopic (exact) mass is 365 g/mol. The fourth-order valence-electron chi connectivity index (χ4n) is 2.02. The van der Waals surface area contributed by atoms with Gasteiger partial charge in [-0.2, -0.15) is 13.2 Å². The standard InChI is InChI=1S/C15H12F5NO2S/c1-9-2-4-11(16)7-14(9)24(22,23)21-8-10-3-5-12(13(17)6-10)15(18,19)20/h2-7,21H,8H2,1H3. The van der Waals surface area contributed by atoms with Gasteiger partial charge in [0.25, 0.3) is 0 Å². The van der Waals surface area contributed by atoms with Gasteiger partial charge in [0.15, 0.2) is 0 Å². The van der Waals surface area contributed by atoms with Gasteiger partial charge in [0.2, 0.25) is 10.0 Å². The summed E-state index contributed by atoms with van der Waals surface area (Å²) in [6.07, 6.45) is -4.83. The van der Waals surface area contributed by atoms with Crippen molar-refractivity contribution in [1.82, 2.24) is 4.72 Å². The third-order valence-electron chi connectivity index (χ3n) is 3.24. The predicted octanol–water partition coefficient (Wildman–Crippen LogP) is 3.77. The summed E-state index contributed by atoms with van der Waals surface area (Å²) in [5.41, 5.74) is -1.14. The first kappa shape index (κ1) is 18.3. The zero-order valence-electron chi connectivity index (χ0n) is 12.3. The van der Waals surface area contributed by atoms with Gasteiger partial charge in [-0.1, -0.05) is 12.1 Å². The van der Waals surface area contributed by atoms with E-state index in [0.29, 0.717) is 17.7 Å². The van der Waals surface area contributed by atoms with E-state index in [1.54, 1.807) is 0 Å². The van der Waals surface area contributed by atoms with E-state index in [0.717, 1.165) is 18.2 Å². The van der Waals surface area contributed by atoms with Crippen LogP contribution in [0.2, 0.25) is 0 Å². The molecule has 0 aliphatic carbocycles. The highest BCUT2D eigenvalue weighted by Gasteiger charge is 2.33. The maximum atomic E-state index is 13.5. The van der Waals surface area contributed by atoms with Crippen molar-refractivity contribution in [2.75, 3.05) is 0 Å². The van der Waals surface area contributed by atoms with Crippen LogP contribution in [-0.4, -0.2) is 8.42 Å². The molecule has 0 fully saturated rings. The van der Waals surface area contributed by atoms with Gasteiger partial charge in [0.1, 0.15) is 11.6 Å². The molecule has 3 nitrogen and oxygen atoms in total. The van der Waals surface area contributed by atoms with E-state index in [1.165, 1.54) is 13.0 Å². The molecule has 0 saturated heterocycles. The number of benzene rings is 2. The van der Waals surface area contributed by atoms with Crippen molar-refractivity contribution in [1.29, 1.82) is 0 Å². The number of halogens is 5. The molecule has 2 aromatic rings. The summed E-state index contributed by atoms with van der Waals surface area (Å²) in [5, 5.41) is 0. The van der Waals surface area contributed by atoms with Gasteiger partial charge in [-0.15, -0.1) is 0 Å². The second kappa shape index (κ2) is 6.48. The molecule has 0 aliphatic heterocycles. The van der Waals surface area contributed by atoms with Crippen LogP contribution in [0, 0.1) is 18.6 Å². The fraction of sp³-hybridized carbons (Fsp3) is 0.200. The minimum Gasteiger partial charge on any atom is -0.207 e. The Bertz CT molecular complexity index is 863. The molecular formula is C15H12F5NO2S. The van der Waals surface area contributed by atoms with Crippen molar-refractivity contribution in [2.24, 2.45) is 0 Å². The van der Waals surface area contributed by atoms with Crippen LogP contribution in [0.5, 0.6) is 0 Å². The zero-order chi connectivity index (χ0) is 18.1. The minimum atomic E-state index is -4.83. The molecular weight excluding hydrogens is 353 g/mol. The van der Waals surface area contributed by atoms with Crippen molar-refractivity contribution in [2.45, 2.75) is 24.5 Å². The summed E-state index contributed by atoms with van der Waals surface area (Å²) in [6, 6.07) is 5.30. The number of hydrogen-bond acceptors (Lipinski definition) is 2. The van der Waals surface area contributed by atoms with Crippen LogP contribution in [0.3, 0.4) is 0 Å². The second-order valence-electron chi connectivity index (χ2n) is 5.05. The predicted molar refractivity (Wildman–Crippen MR) is 76.6 cm³/mol. The summed E-state index contributed by atoms with van der Waals surface area (Å²) in [4.78, 5) is -0.296. The summed E-state index contributed by atoms with van der Waals surface area (Å²) in [5.74, 6) is -2.25. The molecule has 0 atom stereocenters. The van der Waals surface area contributed by atoms with E-state index in [-0.39, 0.29) is 10.5 Å². The Morgan fingerprint density at radius 2 is 1.71 bits per heavy atom. The number of sulfonamides is 1. The lowest BCUT2D eigenvalue weighted by molar-refractivity contribution is -0.140. The molecule has 0 amide bonds. The molecule has 0 aromatic heterocycles. The molecule has 2 rings (SSSR count). The molecule has 0 heterocycles. The van der Waals surface area contributed by atoms with Crippen LogP contribution in [0.4, 0.5) is 22.0 Å². The van der Waals surface area contributed by atoms with Crippen LogP contribution >= 0.6 is 0 Å². The summed E-state index contributed by atoms with van der Waals surface area (Å²) < 4.78 is 90.5. The van der Waals surface area contributed by atoms with Gasteiger partial charge < -0.3 is 0 Å². The van der Waals surface area contributed by atoms with E-state index < -0.39 is 39.9 Å². The largest absolute Gasteiger partial charge is 0.419 e. The highest BCUT2D eigenvalue weighted by Crippen LogP contribution is 2.31. The number of nitrogens with one attached hydrogen (secondary N) is 1.